The summed E-state index contributed by atoms with van der Waals surface area (Å²) < 4.78 is 6.02. The maximum Gasteiger partial charge on any atom is 0.296 e. The Morgan fingerprint density at radius 3 is 2.43 bits per heavy atom. The highest BCUT2D eigenvalue weighted by atomic mass is 35.5. The number of hydrogen-bond acceptors (Lipinski definition) is 4. The van der Waals surface area contributed by atoms with Crippen molar-refractivity contribution >= 4 is 34.3 Å². The first-order chi connectivity index (χ1) is 14.5. The van der Waals surface area contributed by atoms with Crippen molar-refractivity contribution in [3.05, 3.63) is 104 Å². The lowest BCUT2D eigenvalue weighted by atomic mass is 9.97. The molecule has 5 rings (SSSR count). The van der Waals surface area contributed by atoms with Crippen LogP contribution in [0.5, 0.6) is 0 Å². The minimum Gasteiger partial charge on any atom is -0.450 e. The van der Waals surface area contributed by atoms with Crippen molar-refractivity contribution in [3.8, 4) is 0 Å². The van der Waals surface area contributed by atoms with Crippen molar-refractivity contribution in [2.45, 2.75) is 19.9 Å². The van der Waals surface area contributed by atoms with Gasteiger partial charge in [0, 0.05) is 6.20 Å². The smallest absolute Gasteiger partial charge is 0.296 e. The minimum absolute atomic E-state index is 0.0568. The summed E-state index contributed by atoms with van der Waals surface area (Å²) in [5.41, 5.74) is 3.33. The Kier molecular flexibility index (Phi) is 4.22. The van der Waals surface area contributed by atoms with Gasteiger partial charge in [-0.05, 0) is 54.8 Å². The Balaban J connectivity index is 1.83. The van der Waals surface area contributed by atoms with Crippen LogP contribution in [0.15, 0.2) is 70.0 Å². The van der Waals surface area contributed by atoms with E-state index >= 15 is 0 Å². The molecule has 1 amide bonds. The van der Waals surface area contributed by atoms with Crippen molar-refractivity contribution in [3.63, 3.8) is 0 Å². The number of rotatable bonds is 2. The highest BCUT2D eigenvalue weighted by Crippen LogP contribution is 2.40. The van der Waals surface area contributed by atoms with Crippen LogP contribution in [0.1, 0.15) is 38.9 Å². The monoisotopic (exact) mass is 416 g/mol. The van der Waals surface area contributed by atoms with E-state index < -0.39 is 11.9 Å². The van der Waals surface area contributed by atoms with Gasteiger partial charge in [-0.2, -0.15) is 0 Å². The molecule has 6 heteroatoms. The highest BCUT2D eigenvalue weighted by Gasteiger charge is 2.44. The Morgan fingerprint density at radius 1 is 1.00 bits per heavy atom. The van der Waals surface area contributed by atoms with Gasteiger partial charge < -0.3 is 4.42 Å². The van der Waals surface area contributed by atoms with Gasteiger partial charge in [-0.25, -0.2) is 4.98 Å². The number of fused-ring (bicyclic) bond motifs is 2. The molecule has 0 saturated heterocycles. The fraction of sp³-hybridized carbons (Fsp3) is 0.125. The van der Waals surface area contributed by atoms with E-state index in [9.17, 15) is 9.59 Å². The molecule has 30 heavy (non-hydrogen) atoms. The van der Waals surface area contributed by atoms with Crippen LogP contribution in [0.3, 0.4) is 0 Å². The summed E-state index contributed by atoms with van der Waals surface area (Å²) in [6, 6.07) is 15.8. The topological polar surface area (TPSA) is 63.4 Å². The molecule has 1 atom stereocenters. The number of amides is 1. The maximum atomic E-state index is 13.6. The van der Waals surface area contributed by atoms with Crippen LogP contribution in [0.2, 0.25) is 5.02 Å². The molecular formula is C24H17ClN2O3. The fourth-order valence-corrected chi connectivity index (χ4v) is 4.04. The second-order valence-electron chi connectivity index (χ2n) is 7.43. The van der Waals surface area contributed by atoms with Crippen molar-refractivity contribution in [2.24, 2.45) is 0 Å². The third kappa shape index (κ3) is 2.74. The Bertz CT molecular complexity index is 1360. The van der Waals surface area contributed by atoms with Crippen molar-refractivity contribution in [1.29, 1.82) is 0 Å². The van der Waals surface area contributed by atoms with Gasteiger partial charge in [0.05, 0.1) is 22.0 Å². The molecule has 148 valence electrons. The highest BCUT2D eigenvalue weighted by molar-refractivity contribution is 6.30. The molecule has 0 bridgehead atoms. The average Bonchev–Trinajstić information content (AvgIpc) is 3.04. The number of carbonyl (C=O) groups is 1. The molecule has 0 fully saturated rings. The fourth-order valence-electron chi connectivity index (χ4n) is 3.93. The summed E-state index contributed by atoms with van der Waals surface area (Å²) in [6.45, 7) is 3.89. The molecule has 2 aromatic heterocycles. The number of hydrogen-bond donors (Lipinski definition) is 0. The molecule has 5 nitrogen and oxygen atoms in total. The zero-order chi connectivity index (χ0) is 21.0. The van der Waals surface area contributed by atoms with Crippen LogP contribution in [0.25, 0.3) is 11.0 Å². The summed E-state index contributed by atoms with van der Waals surface area (Å²) in [4.78, 5) is 32.8. The molecular weight excluding hydrogens is 400 g/mol. The van der Waals surface area contributed by atoms with Crippen molar-refractivity contribution < 1.29 is 9.21 Å². The molecule has 0 spiro atoms. The van der Waals surface area contributed by atoms with E-state index in [1.807, 2.05) is 50.2 Å². The second-order valence-corrected chi connectivity index (χ2v) is 7.87. The number of nitrogens with zero attached hydrogens (tertiary/aromatic N) is 2. The van der Waals surface area contributed by atoms with E-state index in [1.165, 1.54) is 11.1 Å². The SMILES string of the molecule is Cc1cc2oc3c(c(=O)c2cc1C)C(c1ccccc1)N(c1ccc(Cl)cn1)C3=O. The van der Waals surface area contributed by atoms with Crippen LogP contribution in [0.4, 0.5) is 5.82 Å². The van der Waals surface area contributed by atoms with Crippen LogP contribution in [0, 0.1) is 13.8 Å². The maximum absolute atomic E-state index is 13.6. The van der Waals surface area contributed by atoms with Crippen molar-refractivity contribution in [2.75, 3.05) is 4.90 Å². The predicted molar refractivity (Wildman–Crippen MR) is 116 cm³/mol. The Hall–Kier alpha value is -3.44. The van der Waals surface area contributed by atoms with Crippen LogP contribution < -0.4 is 10.3 Å². The van der Waals surface area contributed by atoms with Crippen molar-refractivity contribution in [1.82, 2.24) is 4.98 Å². The van der Waals surface area contributed by atoms with Gasteiger partial charge in [-0.3, -0.25) is 14.5 Å². The van der Waals surface area contributed by atoms with E-state index in [0.717, 1.165) is 16.7 Å². The van der Waals surface area contributed by atoms with Crippen LogP contribution in [-0.2, 0) is 0 Å². The summed E-state index contributed by atoms with van der Waals surface area (Å²) in [7, 11) is 0. The summed E-state index contributed by atoms with van der Waals surface area (Å²) in [5.74, 6) is 0.0627. The average molecular weight is 417 g/mol. The lowest BCUT2D eigenvalue weighted by molar-refractivity contribution is 0.0970. The summed E-state index contributed by atoms with van der Waals surface area (Å²) >= 11 is 5.99. The number of halogens is 1. The molecule has 1 aliphatic rings. The first-order valence-electron chi connectivity index (χ1n) is 9.53. The van der Waals surface area contributed by atoms with E-state index in [0.29, 0.717) is 27.4 Å². The largest absolute Gasteiger partial charge is 0.450 e. The molecule has 0 saturated carbocycles. The van der Waals surface area contributed by atoms with E-state index in [-0.39, 0.29) is 11.2 Å². The summed E-state index contributed by atoms with van der Waals surface area (Å²) in [6.07, 6.45) is 1.48. The molecule has 0 aliphatic carbocycles. The molecule has 0 N–H and O–H groups in total. The zero-order valence-electron chi connectivity index (χ0n) is 16.3. The normalized spacial score (nSPS) is 15.6. The first-order valence-corrected chi connectivity index (χ1v) is 9.91. The number of pyridine rings is 1. The van der Waals surface area contributed by atoms with Gasteiger partial charge in [0.1, 0.15) is 11.4 Å². The number of anilines is 1. The molecule has 4 aromatic rings. The van der Waals surface area contributed by atoms with Gasteiger partial charge in [0.15, 0.2) is 5.43 Å². The summed E-state index contributed by atoms with van der Waals surface area (Å²) in [5, 5.41) is 0.932. The number of benzene rings is 2. The third-order valence-electron chi connectivity index (χ3n) is 5.56. The number of carbonyl (C=O) groups excluding carboxylic acids is 1. The molecule has 2 aromatic carbocycles. The number of aromatic nitrogens is 1. The standard InChI is InChI=1S/C24H17ClN2O3/c1-13-10-17-18(11-14(13)2)30-23-20(22(17)28)21(15-6-4-3-5-7-15)27(24(23)29)19-9-8-16(25)12-26-19/h3-12,21H,1-2H3. The second kappa shape index (κ2) is 6.82. The third-order valence-corrected chi connectivity index (χ3v) is 5.78. The minimum atomic E-state index is -0.635. The zero-order valence-corrected chi connectivity index (χ0v) is 17.1. The number of aryl methyl sites for hydroxylation is 2. The quantitative estimate of drug-likeness (QED) is 0.450. The molecule has 1 aliphatic heterocycles. The lowest BCUT2D eigenvalue weighted by Gasteiger charge is -2.24. The van der Waals surface area contributed by atoms with E-state index in [2.05, 4.69) is 4.98 Å². The van der Waals surface area contributed by atoms with Gasteiger partial charge in [0.25, 0.3) is 5.91 Å². The Morgan fingerprint density at radius 2 is 1.73 bits per heavy atom. The van der Waals surface area contributed by atoms with Gasteiger partial charge >= 0.3 is 0 Å². The van der Waals surface area contributed by atoms with E-state index in [4.69, 9.17) is 16.0 Å². The molecule has 3 heterocycles. The molecule has 1 unspecified atom stereocenters. The Labute approximate surface area is 177 Å². The first kappa shape index (κ1) is 18.6. The van der Waals surface area contributed by atoms with Gasteiger partial charge in [-0.1, -0.05) is 41.9 Å². The predicted octanol–water partition coefficient (Wildman–Crippen LogP) is 5.21. The molecule has 0 radical (unpaired) electrons. The van der Waals surface area contributed by atoms with Crippen LogP contribution in [-0.4, -0.2) is 10.9 Å². The lowest BCUT2D eigenvalue weighted by Crippen LogP contribution is -2.30. The van der Waals surface area contributed by atoms with E-state index in [1.54, 1.807) is 18.2 Å². The van der Waals surface area contributed by atoms with Gasteiger partial charge in [-0.15, -0.1) is 0 Å². The van der Waals surface area contributed by atoms with Crippen LogP contribution >= 0.6 is 11.6 Å². The van der Waals surface area contributed by atoms with Gasteiger partial charge in [0.2, 0.25) is 5.76 Å².